The van der Waals surface area contributed by atoms with Gasteiger partial charge in [0, 0.05) is 36.7 Å². The number of nitrogens with zero attached hydrogens (tertiary/aromatic N) is 3. The number of para-hydroxylation sites is 1. The van der Waals surface area contributed by atoms with E-state index in [0.717, 1.165) is 16.8 Å². The second kappa shape index (κ2) is 7.27. The van der Waals surface area contributed by atoms with Gasteiger partial charge in [0.05, 0.1) is 19.1 Å². The molecule has 1 aromatic carbocycles. The molecular weight excluding hydrogens is 250 g/mol. The Balaban J connectivity index is 2.25. The van der Waals surface area contributed by atoms with Crippen molar-refractivity contribution in [3.63, 3.8) is 0 Å². The molecule has 0 saturated heterocycles. The fourth-order valence-electron chi connectivity index (χ4n) is 2.13. The topological polar surface area (TPSA) is 60.2 Å². The first kappa shape index (κ1) is 14.0. The molecule has 0 saturated carbocycles. The Hall–Kier alpha value is -2.38. The molecule has 0 spiro atoms. The number of aliphatic hydroxyl groups excluding tert-OH is 1. The van der Waals surface area contributed by atoms with Gasteiger partial charge in [0.25, 0.3) is 0 Å². The van der Waals surface area contributed by atoms with Crippen molar-refractivity contribution in [3.05, 3.63) is 59.9 Å². The average molecular weight is 267 g/mol. The van der Waals surface area contributed by atoms with E-state index in [9.17, 15) is 5.11 Å². The highest BCUT2D eigenvalue weighted by Gasteiger charge is 2.11. The van der Waals surface area contributed by atoms with Crippen LogP contribution in [0.3, 0.4) is 0 Å². The number of aromatic nitrogens is 1. The number of hydrogen-bond acceptors (Lipinski definition) is 4. The van der Waals surface area contributed by atoms with Crippen molar-refractivity contribution in [1.29, 1.82) is 5.26 Å². The molecule has 0 unspecified atom stereocenters. The molecule has 0 radical (unpaired) electrons. The zero-order valence-corrected chi connectivity index (χ0v) is 11.2. The number of rotatable bonds is 6. The highest BCUT2D eigenvalue weighted by Crippen LogP contribution is 2.22. The van der Waals surface area contributed by atoms with Gasteiger partial charge in [-0.25, -0.2) is 0 Å². The predicted octanol–water partition coefficient (Wildman–Crippen LogP) is 2.49. The zero-order chi connectivity index (χ0) is 14.2. The van der Waals surface area contributed by atoms with Gasteiger partial charge in [0.15, 0.2) is 0 Å². The fourth-order valence-corrected chi connectivity index (χ4v) is 2.13. The molecule has 1 N–H and O–H groups in total. The average Bonchev–Trinajstić information content (AvgIpc) is 2.52. The second-order valence-electron chi connectivity index (χ2n) is 4.48. The second-order valence-corrected chi connectivity index (χ2v) is 4.48. The molecule has 4 heteroatoms. The predicted molar refractivity (Wildman–Crippen MR) is 77.9 cm³/mol. The molecule has 4 nitrogen and oxygen atoms in total. The smallest absolute Gasteiger partial charge is 0.0702 e. The summed E-state index contributed by atoms with van der Waals surface area (Å²) in [5.74, 6) is 0. The van der Waals surface area contributed by atoms with Crippen LogP contribution in [0.15, 0.2) is 48.8 Å². The molecule has 102 valence electrons. The summed E-state index contributed by atoms with van der Waals surface area (Å²) < 4.78 is 0. The van der Waals surface area contributed by atoms with Crippen molar-refractivity contribution in [2.45, 2.75) is 19.6 Å². The minimum atomic E-state index is -0.00767. The van der Waals surface area contributed by atoms with Gasteiger partial charge in [0.2, 0.25) is 0 Å². The minimum Gasteiger partial charge on any atom is -0.392 e. The highest BCUT2D eigenvalue weighted by atomic mass is 16.3. The van der Waals surface area contributed by atoms with E-state index in [2.05, 4.69) is 16.0 Å². The third kappa shape index (κ3) is 3.56. The molecule has 0 aliphatic carbocycles. The van der Waals surface area contributed by atoms with Gasteiger partial charge < -0.3 is 10.0 Å². The van der Waals surface area contributed by atoms with Crippen molar-refractivity contribution in [2.24, 2.45) is 0 Å². The van der Waals surface area contributed by atoms with Gasteiger partial charge >= 0.3 is 0 Å². The standard InChI is InChI=1S/C16H17N3O/c17-8-4-10-19(12-14-5-3-9-18-11-14)16-7-2-1-6-15(16)13-20/h1-3,5-7,9,11,20H,4,10,12-13H2. The molecular formula is C16H17N3O. The molecule has 1 heterocycles. The molecule has 0 aliphatic heterocycles. The maximum atomic E-state index is 9.45. The summed E-state index contributed by atoms with van der Waals surface area (Å²) in [5, 5.41) is 18.3. The molecule has 0 aliphatic rings. The zero-order valence-electron chi connectivity index (χ0n) is 11.2. The SMILES string of the molecule is N#CCCN(Cc1cccnc1)c1ccccc1CO. The molecule has 0 fully saturated rings. The number of nitriles is 1. The third-order valence-electron chi connectivity index (χ3n) is 3.09. The molecule has 0 atom stereocenters. The quantitative estimate of drug-likeness (QED) is 0.873. The maximum Gasteiger partial charge on any atom is 0.0702 e. The molecule has 0 amide bonds. The van der Waals surface area contributed by atoms with Gasteiger partial charge in [-0.15, -0.1) is 0 Å². The van der Waals surface area contributed by atoms with E-state index in [1.807, 2.05) is 42.6 Å². The van der Waals surface area contributed by atoms with Crippen LogP contribution in [-0.4, -0.2) is 16.6 Å². The lowest BCUT2D eigenvalue weighted by molar-refractivity contribution is 0.282. The molecule has 1 aromatic heterocycles. The number of pyridine rings is 1. The van der Waals surface area contributed by atoms with Crippen LogP contribution < -0.4 is 4.90 Å². The number of aliphatic hydroxyl groups is 1. The Kier molecular flexibility index (Phi) is 5.10. The van der Waals surface area contributed by atoms with Crippen molar-refractivity contribution in [3.8, 4) is 6.07 Å². The summed E-state index contributed by atoms with van der Waals surface area (Å²) in [6.45, 7) is 1.29. The Labute approximate surface area is 118 Å². The largest absolute Gasteiger partial charge is 0.392 e. The first-order valence-corrected chi connectivity index (χ1v) is 6.54. The molecule has 20 heavy (non-hydrogen) atoms. The first-order chi connectivity index (χ1) is 9.85. The van der Waals surface area contributed by atoms with Crippen molar-refractivity contribution < 1.29 is 5.11 Å². The number of hydrogen-bond donors (Lipinski definition) is 1. The maximum absolute atomic E-state index is 9.45. The third-order valence-corrected chi connectivity index (χ3v) is 3.09. The van der Waals surface area contributed by atoms with Crippen LogP contribution in [0.25, 0.3) is 0 Å². The van der Waals surface area contributed by atoms with Gasteiger partial charge in [-0.05, 0) is 17.7 Å². The summed E-state index contributed by atoms with van der Waals surface area (Å²) in [6, 6.07) is 13.8. The Morgan fingerprint density at radius 2 is 2.05 bits per heavy atom. The van der Waals surface area contributed by atoms with Gasteiger partial charge in [-0.2, -0.15) is 5.26 Å². The van der Waals surface area contributed by atoms with E-state index < -0.39 is 0 Å². The van der Waals surface area contributed by atoms with Crippen LogP contribution in [0.5, 0.6) is 0 Å². The summed E-state index contributed by atoms with van der Waals surface area (Å²) >= 11 is 0. The summed E-state index contributed by atoms with van der Waals surface area (Å²) in [6.07, 6.45) is 4.01. The monoisotopic (exact) mass is 267 g/mol. The lowest BCUT2D eigenvalue weighted by atomic mass is 10.1. The summed E-state index contributed by atoms with van der Waals surface area (Å²) in [5.41, 5.74) is 2.92. The van der Waals surface area contributed by atoms with Gasteiger partial charge in [0.1, 0.15) is 0 Å². The summed E-state index contributed by atoms with van der Waals surface area (Å²) in [4.78, 5) is 6.22. The number of anilines is 1. The Morgan fingerprint density at radius 3 is 2.75 bits per heavy atom. The van der Waals surface area contributed by atoms with Crippen molar-refractivity contribution in [2.75, 3.05) is 11.4 Å². The number of benzene rings is 1. The van der Waals surface area contributed by atoms with E-state index >= 15 is 0 Å². The van der Waals surface area contributed by atoms with Crippen LogP contribution in [0.1, 0.15) is 17.5 Å². The highest BCUT2D eigenvalue weighted by molar-refractivity contribution is 5.53. The fraction of sp³-hybridized carbons (Fsp3) is 0.250. The van der Waals surface area contributed by atoms with Crippen LogP contribution in [0.2, 0.25) is 0 Å². The Morgan fingerprint density at radius 1 is 1.20 bits per heavy atom. The molecule has 2 rings (SSSR count). The van der Waals surface area contributed by atoms with Crippen LogP contribution >= 0.6 is 0 Å². The van der Waals surface area contributed by atoms with E-state index in [-0.39, 0.29) is 6.61 Å². The lowest BCUT2D eigenvalue weighted by Crippen LogP contribution is -2.25. The van der Waals surface area contributed by atoms with Crippen molar-refractivity contribution in [1.82, 2.24) is 4.98 Å². The first-order valence-electron chi connectivity index (χ1n) is 6.54. The van der Waals surface area contributed by atoms with E-state index in [4.69, 9.17) is 5.26 Å². The molecule has 0 bridgehead atoms. The van der Waals surface area contributed by atoms with Crippen LogP contribution in [0.4, 0.5) is 5.69 Å². The van der Waals surface area contributed by atoms with Gasteiger partial charge in [-0.3, -0.25) is 4.98 Å². The lowest BCUT2D eigenvalue weighted by Gasteiger charge is -2.26. The van der Waals surface area contributed by atoms with E-state index in [0.29, 0.717) is 19.5 Å². The van der Waals surface area contributed by atoms with Crippen LogP contribution in [0, 0.1) is 11.3 Å². The van der Waals surface area contributed by atoms with E-state index in [1.54, 1.807) is 6.20 Å². The molecule has 2 aromatic rings. The van der Waals surface area contributed by atoms with Gasteiger partial charge in [-0.1, -0.05) is 24.3 Å². The Bertz CT molecular complexity index is 578. The minimum absolute atomic E-state index is 0.00767. The van der Waals surface area contributed by atoms with Crippen LogP contribution in [-0.2, 0) is 13.2 Å². The summed E-state index contributed by atoms with van der Waals surface area (Å²) in [7, 11) is 0. The normalized spacial score (nSPS) is 10.0. The van der Waals surface area contributed by atoms with Crippen molar-refractivity contribution >= 4 is 5.69 Å². The van der Waals surface area contributed by atoms with E-state index in [1.165, 1.54) is 0 Å².